The summed E-state index contributed by atoms with van der Waals surface area (Å²) in [6.45, 7) is 1.08. The standard InChI is InChI=1S/C28H21N5O19S5/c1-11(34)29-13-2-4-17(20(8-13)54(41,42)43)30-32-24-22(56(47,48)49)10-16-15(26(24)36)3-5-18(28(16)57(50,51)52)31-33-25-21(55(44,45)46)7-12-6-14(53(38,39)40)9-19(35)23(12)27(25)37/h2-10,35-37H,1H3,(H,29,34)(H,38,39,40)(H,41,42,43)(H,44,45,46)(H,47,48,49)(H,50,51,52). The number of aromatic hydroxyl groups is 3. The molecule has 0 aromatic heterocycles. The molecule has 0 heterocycles. The third-order valence-electron chi connectivity index (χ3n) is 7.45. The third-order valence-corrected chi connectivity index (χ3v) is 11.8. The zero-order valence-electron chi connectivity index (χ0n) is 27.6. The maximum atomic E-state index is 12.7. The molecule has 0 spiro atoms. The molecule has 0 saturated heterocycles. The van der Waals surface area contributed by atoms with Crippen molar-refractivity contribution in [2.45, 2.75) is 31.4 Å². The summed E-state index contributed by atoms with van der Waals surface area (Å²) >= 11 is 0. The van der Waals surface area contributed by atoms with Crippen molar-refractivity contribution in [1.82, 2.24) is 0 Å². The van der Waals surface area contributed by atoms with Crippen LogP contribution in [0.1, 0.15) is 6.92 Å². The molecule has 0 atom stereocenters. The summed E-state index contributed by atoms with van der Waals surface area (Å²) in [6.07, 6.45) is 0. The van der Waals surface area contributed by atoms with Gasteiger partial charge in [0.05, 0.1) is 10.3 Å². The Balaban J connectivity index is 1.77. The number of rotatable bonds is 10. The van der Waals surface area contributed by atoms with Crippen LogP contribution in [0.15, 0.2) is 99.5 Å². The summed E-state index contributed by atoms with van der Waals surface area (Å²) in [6, 6.07) is 5.99. The van der Waals surface area contributed by atoms with Gasteiger partial charge in [-0.15, -0.1) is 20.5 Å². The lowest BCUT2D eigenvalue weighted by atomic mass is 10.1. The number of carbonyl (C=O) groups is 1. The second-order valence-electron chi connectivity index (χ2n) is 11.3. The van der Waals surface area contributed by atoms with E-state index in [9.17, 15) is 85.0 Å². The Labute approximate surface area is 319 Å². The highest BCUT2D eigenvalue weighted by Crippen LogP contribution is 2.48. The van der Waals surface area contributed by atoms with Crippen LogP contribution in [-0.4, -0.2) is 86.1 Å². The molecule has 29 heteroatoms. The second kappa shape index (κ2) is 14.3. The fourth-order valence-electron chi connectivity index (χ4n) is 5.20. The molecule has 0 radical (unpaired) electrons. The van der Waals surface area contributed by atoms with E-state index < -0.39 is 143 Å². The summed E-state index contributed by atoms with van der Waals surface area (Å²) in [5, 5.41) is 45.6. The minimum absolute atomic E-state index is 0.149. The van der Waals surface area contributed by atoms with Crippen molar-refractivity contribution < 1.29 is 85.0 Å². The highest BCUT2D eigenvalue weighted by molar-refractivity contribution is 7.87. The van der Waals surface area contributed by atoms with Crippen molar-refractivity contribution in [3.8, 4) is 17.2 Å². The molecular formula is C28H21N5O19S5. The Morgan fingerprint density at radius 3 is 1.60 bits per heavy atom. The Morgan fingerprint density at radius 2 is 1.07 bits per heavy atom. The van der Waals surface area contributed by atoms with Crippen molar-refractivity contribution in [1.29, 1.82) is 0 Å². The first-order chi connectivity index (χ1) is 26.0. The van der Waals surface area contributed by atoms with Crippen LogP contribution in [0.5, 0.6) is 17.2 Å². The van der Waals surface area contributed by atoms with Crippen LogP contribution in [0.25, 0.3) is 21.5 Å². The topological polar surface area (TPSA) is 411 Å². The molecule has 0 aliphatic carbocycles. The molecule has 5 aromatic rings. The lowest BCUT2D eigenvalue weighted by Gasteiger charge is -2.13. The van der Waals surface area contributed by atoms with Crippen molar-refractivity contribution in [2.75, 3.05) is 5.32 Å². The predicted molar refractivity (Wildman–Crippen MR) is 191 cm³/mol. The van der Waals surface area contributed by atoms with E-state index in [4.69, 9.17) is 0 Å². The van der Waals surface area contributed by atoms with E-state index in [1.54, 1.807) is 0 Å². The first-order valence-electron chi connectivity index (χ1n) is 14.5. The summed E-state index contributed by atoms with van der Waals surface area (Å²) in [4.78, 5) is 5.27. The van der Waals surface area contributed by atoms with Gasteiger partial charge in [-0.1, -0.05) is 0 Å². The summed E-state index contributed by atoms with van der Waals surface area (Å²) in [7, 11) is -26.8. The number of hydrogen-bond donors (Lipinski definition) is 9. The zero-order chi connectivity index (χ0) is 42.8. The lowest BCUT2D eigenvalue weighted by molar-refractivity contribution is -0.114. The van der Waals surface area contributed by atoms with Gasteiger partial charge in [-0.3, -0.25) is 27.6 Å². The number of phenols is 3. The minimum atomic E-state index is -5.63. The molecule has 24 nitrogen and oxygen atoms in total. The molecule has 5 aromatic carbocycles. The van der Waals surface area contributed by atoms with Crippen molar-refractivity contribution in [2.24, 2.45) is 20.5 Å². The van der Waals surface area contributed by atoms with E-state index in [-0.39, 0.29) is 5.69 Å². The van der Waals surface area contributed by atoms with Gasteiger partial charge in [-0.2, -0.15) is 42.1 Å². The van der Waals surface area contributed by atoms with Gasteiger partial charge < -0.3 is 20.6 Å². The largest absolute Gasteiger partial charge is 0.507 e. The summed E-state index contributed by atoms with van der Waals surface area (Å²) in [5.41, 5.74) is -4.26. The maximum absolute atomic E-state index is 12.7. The normalized spacial score (nSPS) is 13.2. The van der Waals surface area contributed by atoms with Crippen LogP contribution in [0.3, 0.4) is 0 Å². The molecule has 1 amide bonds. The number of fused-ring (bicyclic) bond motifs is 2. The van der Waals surface area contributed by atoms with Crippen LogP contribution >= 0.6 is 0 Å². The van der Waals surface area contributed by atoms with Gasteiger partial charge >= 0.3 is 0 Å². The van der Waals surface area contributed by atoms with E-state index in [1.165, 1.54) is 0 Å². The van der Waals surface area contributed by atoms with Gasteiger partial charge in [0.15, 0.2) is 11.5 Å². The average Bonchev–Trinajstić information content (AvgIpc) is 3.04. The van der Waals surface area contributed by atoms with Crippen LogP contribution in [0.4, 0.5) is 28.4 Å². The molecule has 0 fully saturated rings. The lowest BCUT2D eigenvalue weighted by Crippen LogP contribution is -2.07. The third kappa shape index (κ3) is 8.65. The van der Waals surface area contributed by atoms with Crippen LogP contribution in [0, 0.1) is 0 Å². The van der Waals surface area contributed by atoms with Crippen molar-refractivity contribution >= 4 is 106 Å². The molecule has 0 unspecified atom stereocenters. The maximum Gasteiger partial charge on any atom is 0.297 e. The number of hydrogen-bond acceptors (Lipinski definition) is 18. The number of anilines is 1. The number of phenolic OH excluding ortho intramolecular Hbond substituents is 3. The molecular weight excluding hydrogens is 871 g/mol. The van der Waals surface area contributed by atoms with Crippen LogP contribution in [-0.2, 0) is 55.4 Å². The monoisotopic (exact) mass is 891 g/mol. The fourth-order valence-corrected chi connectivity index (χ4v) is 8.51. The molecule has 57 heavy (non-hydrogen) atoms. The molecule has 0 saturated carbocycles. The van der Waals surface area contributed by atoms with Gasteiger partial charge in [0.1, 0.15) is 48.1 Å². The highest BCUT2D eigenvalue weighted by Gasteiger charge is 2.30. The smallest absolute Gasteiger partial charge is 0.297 e. The predicted octanol–water partition coefficient (Wildman–Crippen LogP) is 4.13. The zero-order valence-corrected chi connectivity index (χ0v) is 31.7. The minimum Gasteiger partial charge on any atom is -0.507 e. The SMILES string of the molecule is CC(=O)Nc1ccc(N=Nc2c(S(=O)(=O)O)cc3c(S(=O)(=O)O)c(N=Nc4c(S(=O)(=O)O)cc5cc(S(=O)(=O)O)cc(O)c5c4O)ccc3c2O)c(S(=O)(=O)O)c1. The molecule has 5 rings (SSSR count). The van der Waals surface area contributed by atoms with E-state index in [1.807, 2.05) is 0 Å². The summed E-state index contributed by atoms with van der Waals surface area (Å²) < 4.78 is 172. The average molecular weight is 892 g/mol. The van der Waals surface area contributed by atoms with Gasteiger partial charge in [0.25, 0.3) is 50.6 Å². The number of nitrogens with zero attached hydrogens (tertiary/aromatic N) is 4. The molecule has 0 bridgehead atoms. The number of carbonyl (C=O) groups excluding carboxylic acids is 1. The van der Waals surface area contributed by atoms with E-state index in [0.29, 0.717) is 30.3 Å². The van der Waals surface area contributed by atoms with Crippen molar-refractivity contribution in [3.05, 3.63) is 54.6 Å². The van der Waals surface area contributed by atoms with Crippen LogP contribution in [0.2, 0.25) is 0 Å². The van der Waals surface area contributed by atoms with Gasteiger partial charge in [-0.05, 0) is 53.9 Å². The second-order valence-corrected chi connectivity index (χ2v) is 18.3. The quantitative estimate of drug-likeness (QED) is 0.0702. The van der Waals surface area contributed by atoms with Gasteiger partial charge in [0.2, 0.25) is 5.91 Å². The molecule has 9 N–H and O–H groups in total. The summed E-state index contributed by atoms with van der Waals surface area (Å²) in [5.74, 6) is -4.34. The molecule has 0 aliphatic heterocycles. The number of nitrogens with one attached hydrogen (secondary N) is 1. The number of benzene rings is 5. The van der Waals surface area contributed by atoms with Crippen molar-refractivity contribution in [3.63, 3.8) is 0 Å². The molecule has 0 aliphatic rings. The first kappa shape index (κ1) is 42.4. The van der Waals surface area contributed by atoms with Gasteiger partial charge in [0, 0.05) is 29.4 Å². The van der Waals surface area contributed by atoms with E-state index in [0.717, 1.165) is 31.2 Å². The van der Waals surface area contributed by atoms with Gasteiger partial charge in [-0.25, -0.2) is 0 Å². The first-order valence-corrected chi connectivity index (χ1v) is 21.7. The Bertz CT molecular complexity index is 3240. The Morgan fingerprint density at radius 1 is 0.544 bits per heavy atom. The van der Waals surface area contributed by atoms with E-state index in [2.05, 4.69) is 25.8 Å². The fraction of sp³-hybridized carbons (Fsp3) is 0.0357. The van der Waals surface area contributed by atoms with E-state index >= 15 is 0 Å². The Hall–Kier alpha value is -5.76. The Kier molecular flexibility index (Phi) is 10.6. The number of amides is 1. The number of azo groups is 2. The van der Waals surface area contributed by atoms with Crippen LogP contribution < -0.4 is 5.32 Å². The highest BCUT2D eigenvalue weighted by atomic mass is 32.2. The molecule has 302 valence electrons.